The third-order valence-corrected chi connectivity index (χ3v) is 3.43. The molecule has 120 valence electrons. The summed E-state index contributed by atoms with van der Waals surface area (Å²) in [6.45, 7) is 2.61. The highest BCUT2D eigenvalue weighted by Gasteiger charge is 2.29. The second kappa shape index (κ2) is 8.12. The van der Waals surface area contributed by atoms with Gasteiger partial charge in [-0.05, 0) is 25.5 Å². The molecule has 0 aliphatic carbocycles. The predicted octanol–water partition coefficient (Wildman–Crippen LogP) is 1.79. The summed E-state index contributed by atoms with van der Waals surface area (Å²) in [6, 6.07) is 9.45. The van der Waals surface area contributed by atoms with Crippen molar-refractivity contribution in [2.45, 2.75) is 25.4 Å². The SMILES string of the molecule is Cc1nc(C2CC(NC(=O)c3ccccc3)CN2)n[nH]1.Cl.Cl. The number of amides is 1. The van der Waals surface area contributed by atoms with Crippen molar-refractivity contribution in [3.05, 3.63) is 47.5 Å². The molecule has 1 aromatic carbocycles. The zero-order valence-corrected chi connectivity index (χ0v) is 13.7. The van der Waals surface area contributed by atoms with E-state index in [1.165, 1.54) is 0 Å². The Bertz CT molecular complexity index is 604. The third kappa shape index (κ3) is 4.19. The molecular weight excluding hydrogens is 325 g/mol. The number of benzene rings is 1. The van der Waals surface area contributed by atoms with Gasteiger partial charge in [0.05, 0.1) is 6.04 Å². The van der Waals surface area contributed by atoms with Crippen LogP contribution in [0, 0.1) is 6.92 Å². The van der Waals surface area contributed by atoms with Gasteiger partial charge >= 0.3 is 0 Å². The number of nitrogens with one attached hydrogen (secondary N) is 3. The lowest BCUT2D eigenvalue weighted by atomic mass is 10.1. The molecular formula is C14H19Cl2N5O. The molecule has 1 fully saturated rings. The van der Waals surface area contributed by atoms with Crippen molar-refractivity contribution in [1.82, 2.24) is 25.8 Å². The van der Waals surface area contributed by atoms with Gasteiger partial charge in [-0.3, -0.25) is 9.89 Å². The molecule has 2 heterocycles. The van der Waals surface area contributed by atoms with Crippen LogP contribution in [0.5, 0.6) is 0 Å². The van der Waals surface area contributed by atoms with Gasteiger partial charge in [-0.2, -0.15) is 5.10 Å². The van der Waals surface area contributed by atoms with Crippen LogP contribution in [0.25, 0.3) is 0 Å². The van der Waals surface area contributed by atoms with Crippen LogP contribution in [0.2, 0.25) is 0 Å². The largest absolute Gasteiger partial charge is 0.348 e. The molecule has 1 aliphatic rings. The quantitative estimate of drug-likeness (QED) is 0.793. The molecule has 2 atom stereocenters. The second-order valence-corrected chi connectivity index (χ2v) is 5.01. The summed E-state index contributed by atoms with van der Waals surface area (Å²) in [4.78, 5) is 16.4. The molecule has 2 aromatic rings. The number of hydrogen-bond donors (Lipinski definition) is 3. The first-order chi connectivity index (χ1) is 9.72. The number of carbonyl (C=O) groups is 1. The van der Waals surface area contributed by atoms with E-state index in [1.54, 1.807) is 0 Å². The second-order valence-electron chi connectivity index (χ2n) is 5.01. The number of H-pyrrole nitrogens is 1. The van der Waals surface area contributed by atoms with Crippen LogP contribution in [0.3, 0.4) is 0 Å². The van der Waals surface area contributed by atoms with Crippen molar-refractivity contribution in [2.75, 3.05) is 6.54 Å². The van der Waals surface area contributed by atoms with Crippen molar-refractivity contribution in [3.8, 4) is 0 Å². The Hall–Kier alpha value is -1.63. The van der Waals surface area contributed by atoms with Crippen LogP contribution >= 0.6 is 24.8 Å². The van der Waals surface area contributed by atoms with E-state index in [2.05, 4.69) is 25.8 Å². The van der Waals surface area contributed by atoms with E-state index < -0.39 is 0 Å². The smallest absolute Gasteiger partial charge is 0.251 e. The van der Waals surface area contributed by atoms with Gasteiger partial charge in [-0.15, -0.1) is 24.8 Å². The molecule has 3 N–H and O–H groups in total. The van der Waals surface area contributed by atoms with E-state index in [0.717, 1.165) is 24.6 Å². The number of aryl methyl sites for hydroxylation is 1. The number of halogens is 2. The minimum Gasteiger partial charge on any atom is -0.348 e. The monoisotopic (exact) mass is 343 g/mol. The van der Waals surface area contributed by atoms with E-state index in [1.807, 2.05) is 37.3 Å². The van der Waals surface area contributed by atoms with Gasteiger partial charge in [0.2, 0.25) is 0 Å². The Balaban J connectivity index is 0.00000121. The lowest BCUT2D eigenvalue weighted by molar-refractivity contribution is 0.0939. The van der Waals surface area contributed by atoms with Crippen molar-refractivity contribution in [3.63, 3.8) is 0 Å². The number of rotatable bonds is 3. The van der Waals surface area contributed by atoms with Crippen LogP contribution in [0.1, 0.15) is 34.5 Å². The van der Waals surface area contributed by atoms with E-state index in [4.69, 9.17) is 0 Å². The number of aromatic nitrogens is 3. The zero-order chi connectivity index (χ0) is 13.9. The summed E-state index contributed by atoms with van der Waals surface area (Å²) in [5, 5.41) is 13.4. The Morgan fingerprint density at radius 1 is 1.27 bits per heavy atom. The Morgan fingerprint density at radius 2 is 2.00 bits per heavy atom. The Morgan fingerprint density at radius 3 is 2.64 bits per heavy atom. The fourth-order valence-corrected chi connectivity index (χ4v) is 2.42. The van der Waals surface area contributed by atoms with Gasteiger partial charge in [0, 0.05) is 18.2 Å². The van der Waals surface area contributed by atoms with Gasteiger partial charge in [0.25, 0.3) is 5.91 Å². The number of nitrogens with zero attached hydrogens (tertiary/aromatic N) is 2. The van der Waals surface area contributed by atoms with E-state index in [9.17, 15) is 4.79 Å². The van der Waals surface area contributed by atoms with Crippen LogP contribution in [-0.2, 0) is 0 Å². The Labute approximate surface area is 141 Å². The molecule has 3 rings (SSSR count). The maximum absolute atomic E-state index is 12.1. The van der Waals surface area contributed by atoms with Crippen LogP contribution in [-0.4, -0.2) is 33.7 Å². The van der Waals surface area contributed by atoms with E-state index in [-0.39, 0.29) is 42.8 Å². The fraction of sp³-hybridized carbons (Fsp3) is 0.357. The molecule has 1 aromatic heterocycles. The highest BCUT2D eigenvalue weighted by atomic mass is 35.5. The van der Waals surface area contributed by atoms with E-state index >= 15 is 0 Å². The summed E-state index contributed by atoms with van der Waals surface area (Å²) < 4.78 is 0. The van der Waals surface area contributed by atoms with Crippen molar-refractivity contribution in [1.29, 1.82) is 0 Å². The highest BCUT2D eigenvalue weighted by Crippen LogP contribution is 2.20. The first-order valence-electron chi connectivity index (χ1n) is 6.70. The maximum atomic E-state index is 12.1. The topological polar surface area (TPSA) is 82.7 Å². The summed E-state index contributed by atoms with van der Waals surface area (Å²) in [6.07, 6.45) is 0.801. The molecule has 8 heteroatoms. The molecule has 0 saturated carbocycles. The standard InChI is InChI=1S/C14H17N5O.2ClH/c1-9-16-13(19-18-9)12-7-11(8-15-12)17-14(20)10-5-3-2-4-6-10;;/h2-6,11-12,15H,7-8H2,1H3,(H,17,20)(H,16,18,19);2*1H. The molecule has 6 nitrogen and oxygen atoms in total. The fourth-order valence-electron chi connectivity index (χ4n) is 2.42. The lowest BCUT2D eigenvalue weighted by Crippen LogP contribution is -2.36. The minimum absolute atomic E-state index is 0. The molecule has 1 amide bonds. The average Bonchev–Trinajstić information content (AvgIpc) is 3.09. The van der Waals surface area contributed by atoms with Gasteiger partial charge in [0.1, 0.15) is 5.82 Å². The van der Waals surface area contributed by atoms with E-state index in [0.29, 0.717) is 5.56 Å². The molecule has 0 bridgehead atoms. The van der Waals surface area contributed by atoms with Crippen LogP contribution < -0.4 is 10.6 Å². The first-order valence-corrected chi connectivity index (χ1v) is 6.70. The maximum Gasteiger partial charge on any atom is 0.251 e. The number of carbonyl (C=O) groups excluding carboxylic acids is 1. The highest BCUT2D eigenvalue weighted by molar-refractivity contribution is 5.94. The predicted molar refractivity (Wildman–Crippen MR) is 88.7 cm³/mol. The number of aromatic amines is 1. The van der Waals surface area contributed by atoms with Gasteiger partial charge < -0.3 is 10.6 Å². The van der Waals surface area contributed by atoms with Gasteiger partial charge in [-0.1, -0.05) is 18.2 Å². The van der Waals surface area contributed by atoms with Crippen LogP contribution in [0.15, 0.2) is 30.3 Å². The lowest BCUT2D eigenvalue weighted by Gasteiger charge is -2.11. The van der Waals surface area contributed by atoms with Crippen molar-refractivity contribution >= 4 is 30.7 Å². The summed E-state index contributed by atoms with van der Waals surface area (Å²) in [5.74, 6) is 1.53. The zero-order valence-electron chi connectivity index (χ0n) is 12.1. The molecule has 0 spiro atoms. The molecule has 1 aliphatic heterocycles. The summed E-state index contributed by atoms with van der Waals surface area (Å²) >= 11 is 0. The minimum atomic E-state index is -0.0378. The van der Waals surface area contributed by atoms with Crippen molar-refractivity contribution < 1.29 is 4.79 Å². The number of hydrogen-bond acceptors (Lipinski definition) is 4. The summed E-state index contributed by atoms with van der Waals surface area (Å²) in [7, 11) is 0. The van der Waals surface area contributed by atoms with Crippen LogP contribution in [0.4, 0.5) is 0 Å². The normalized spacial score (nSPS) is 19.9. The average molecular weight is 344 g/mol. The first kappa shape index (κ1) is 18.4. The van der Waals surface area contributed by atoms with Gasteiger partial charge in [0.15, 0.2) is 5.82 Å². The van der Waals surface area contributed by atoms with Crippen molar-refractivity contribution in [2.24, 2.45) is 0 Å². The van der Waals surface area contributed by atoms with Gasteiger partial charge in [-0.25, -0.2) is 4.98 Å². The Kier molecular flexibility index (Phi) is 6.80. The molecule has 0 radical (unpaired) electrons. The molecule has 2 unspecified atom stereocenters. The molecule has 1 saturated heterocycles. The molecule has 22 heavy (non-hydrogen) atoms. The third-order valence-electron chi connectivity index (χ3n) is 3.43. The summed E-state index contributed by atoms with van der Waals surface area (Å²) in [5.41, 5.74) is 0.685.